The maximum absolute atomic E-state index is 12.3. The van der Waals surface area contributed by atoms with Crippen molar-refractivity contribution >= 4 is 25.6 Å². The zero-order valence-electron chi connectivity index (χ0n) is 12.5. The lowest BCUT2D eigenvalue weighted by Crippen LogP contribution is -2.31. The van der Waals surface area contributed by atoms with E-state index in [4.69, 9.17) is 15.4 Å². The molecule has 1 amide bonds. The van der Waals surface area contributed by atoms with Crippen molar-refractivity contribution in [1.29, 1.82) is 0 Å². The molecule has 0 atom stereocenters. The molecule has 9 heteroatoms. The van der Waals surface area contributed by atoms with Gasteiger partial charge in [0.2, 0.25) is 0 Å². The van der Waals surface area contributed by atoms with Crippen molar-refractivity contribution in [3.63, 3.8) is 0 Å². The molecule has 0 aliphatic carbocycles. The number of carbonyl (C=O) groups excluding carboxylic acids is 1. The number of H-pyrrole nitrogens is 1. The van der Waals surface area contributed by atoms with E-state index in [0.717, 1.165) is 0 Å². The van der Waals surface area contributed by atoms with Crippen LogP contribution in [0.1, 0.15) is 42.9 Å². The minimum absolute atomic E-state index is 0.156. The highest BCUT2D eigenvalue weighted by atomic mass is 35.7. The molecular weight excluding hydrogens is 318 g/mol. The van der Waals surface area contributed by atoms with Gasteiger partial charge in [-0.05, 0) is 12.8 Å². The standard InChI is InChI=1S/C12H20ClN3O4S/c1-5-20-7-6-16(4)12(17)10-11(21(13,18)19)9(8(2)3)14-15-10/h8H,5-7H2,1-4H3,(H,14,15). The summed E-state index contributed by atoms with van der Waals surface area (Å²) in [6, 6.07) is 0. The summed E-state index contributed by atoms with van der Waals surface area (Å²) in [6.45, 7) is 6.66. The van der Waals surface area contributed by atoms with E-state index in [0.29, 0.717) is 25.5 Å². The Morgan fingerprint density at radius 2 is 2.10 bits per heavy atom. The number of nitrogens with zero attached hydrogens (tertiary/aromatic N) is 2. The highest BCUT2D eigenvalue weighted by Gasteiger charge is 2.31. The molecule has 1 aromatic rings. The van der Waals surface area contributed by atoms with Crippen LogP contribution in [-0.2, 0) is 13.8 Å². The van der Waals surface area contributed by atoms with Gasteiger partial charge in [-0.2, -0.15) is 5.10 Å². The van der Waals surface area contributed by atoms with Crippen molar-refractivity contribution in [3.8, 4) is 0 Å². The third-order valence-corrected chi connectivity index (χ3v) is 4.26. The highest BCUT2D eigenvalue weighted by molar-refractivity contribution is 8.13. The number of aromatic nitrogens is 2. The van der Waals surface area contributed by atoms with Crippen LogP contribution in [0.25, 0.3) is 0 Å². The lowest BCUT2D eigenvalue weighted by Gasteiger charge is -2.16. The topological polar surface area (TPSA) is 92.4 Å². The van der Waals surface area contributed by atoms with Gasteiger partial charge in [-0.3, -0.25) is 9.89 Å². The van der Waals surface area contributed by atoms with Crippen LogP contribution in [0.15, 0.2) is 4.90 Å². The van der Waals surface area contributed by atoms with Gasteiger partial charge in [-0.25, -0.2) is 8.42 Å². The van der Waals surface area contributed by atoms with Gasteiger partial charge in [0, 0.05) is 30.9 Å². The van der Waals surface area contributed by atoms with Gasteiger partial charge in [-0.1, -0.05) is 13.8 Å². The summed E-state index contributed by atoms with van der Waals surface area (Å²) in [4.78, 5) is 13.4. The maximum atomic E-state index is 12.3. The molecule has 0 aromatic carbocycles. The maximum Gasteiger partial charge on any atom is 0.275 e. The van der Waals surface area contributed by atoms with Crippen LogP contribution in [0.3, 0.4) is 0 Å². The predicted molar refractivity (Wildman–Crippen MR) is 79.2 cm³/mol. The number of hydrogen-bond donors (Lipinski definition) is 1. The molecule has 1 rings (SSSR count). The Kier molecular flexibility index (Phi) is 6.18. The Balaban J connectivity index is 3.11. The Hall–Kier alpha value is -1.12. The van der Waals surface area contributed by atoms with Crippen molar-refractivity contribution in [2.45, 2.75) is 31.6 Å². The number of carbonyl (C=O) groups is 1. The zero-order valence-corrected chi connectivity index (χ0v) is 14.1. The van der Waals surface area contributed by atoms with E-state index in [-0.39, 0.29) is 16.5 Å². The molecule has 21 heavy (non-hydrogen) atoms. The average Bonchev–Trinajstić information content (AvgIpc) is 2.82. The number of halogens is 1. The Labute approximate surface area is 129 Å². The van der Waals surface area contributed by atoms with Gasteiger partial charge in [0.05, 0.1) is 12.3 Å². The van der Waals surface area contributed by atoms with Crippen LogP contribution in [-0.4, -0.2) is 56.2 Å². The second kappa shape index (κ2) is 7.24. The Bertz CT molecular complexity index is 598. The van der Waals surface area contributed by atoms with Gasteiger partial charge in [0.1, 0.15) is 4.90 Å². The molecule has 0 radical (unpaired) electrons. The summed E-state index contributed by atoms with van der Waals surface area (Å²) in [6.07, 6.45) is 0. The van der Waals surface area contributed by atoms with Crippen LogP contribution in [0, 0.1) is 0 Å². The summed E-state index contributed by atoms with van der Waals surface area (Å²) < 4.78 is 28.6. The molecule has 0 unspecified atom stereocenters. The fraction of sp³-hybridized carbons (Fsp3) is 0.667. The molecule has 120 valence electrons. The molecule has 0 fully saturated rings. The van der Waals surface area contributed by atoms with E-state index in [1.165, 1.54) is 4.90 Å². The number of aromatic amines is 1. The first-order chi connectivity index (χ1) is 9.70. The second-order valence-corrected chi connectivity index (χ2v) is 7.33. The number of hydrogen-bond acceptors (Lipinski definition) is 5. The highest BCUT2D eigenvalue weighted by Crippen LogP contribution is 2.28. The minimum Gasteiger partial charge on any atom is -0.380 e. The second-order valence-electron chi connectivity index (χ2n) is 4.83. The summed E-state index contributed by atoms with van der Waals surface area (Å²) in [5.74, 6) is -0.673. The van der Waals surface area contributed by atoms with Crippen molar-refractivity contribution in [3.05, 3.63) is 11.4 Å². The number of nitrogens with one attached hydrogen (secondary N) is 1. The molecule has 0 aliphatic rings. The van der Waals surface area contributed by atoms with Gasteiger partial charge in [0.15, 0.2) is 5.69 Å². The Morgan fingerprint density at radius 1 is 1.48 bits per heavy atom. The lowest BCUT2D eigenvalue weighted by molar-refractivity contribution is 0.0701. The van der Waals surface area contributed by atoms with E-state index in [2.05, 4.69) is 10.2 Å². The van der Waals surface area contributed by atoms with Crippen LogP contribution >= 0.6 is 10.7 Å². The van der Waals surface area contributed by atoms with Gasteiger partial charge in [0.25, 0.3) is 15.0 Å². The molecule has 1 aromatic heterocycles. The number of likely N-dealkylation sites (N-methyl/N-ethyl adjacent to an activating group) is 1. The monoisotopic (exact) mass is 337 g/mol. The quantitative estimate of drug-likeness (QED) is 0.602. The van der Waals surface area contributed by atoms with Crippen LogP contribution in [0.5, 0.6) is 0 Å². The van der Waals surface area contributed by atoms with Crippen molar-refractivity contribution in [2.24, 2.45) is 0 Å². The van der Waals surface area contributed by atoms with Gasteiger partial charge < -0.3 is 9.64 Å². The molecule has 1 N–H and O–H groups in total. The van der Waals surface area contributed by atoms with E-state index in [1.54, 1.807) is 20.9 Å². The smallest absolute Gasteiger partial charge is 0.275 e. The van der Waals surface area contributed by atoms with Crippen LogP contribution in [0.4, 0.5) is 0 Å². The fourth-order valence-corrected chi connectivity index (χ4v) is 3.13. The van der Waals surface area contributed by atoms with E-state index in [9.17, 15) is 13.2 Å². The largest absolute Gasteiger partial charge is 0.380 e. The van der Waals surface area contributed by atoms with Crippen molar-refractivity contribution in [1.82, 2.24) is 15.1 Å². The van der Waals surface area contributed by atoms with Crippen LogP contribution in [0.2, 0.25) is 0 Å². The van der Waals surface area contributed by atoms with Gasteiger partial charge in [-0.15, -0.1) is 0 Å². The third-order valence-electron chi connectivity index (χ3n) is 2.89. The van der Waals surface area contributed by atoms with Crippen molar-refractivity contribution < 1.29 is 17.9 Å². The minimum atomic E-state index is -4.07. The molecule has 7 nitrogen and oxygen atoms in total. The first kappa shape index (κ1) is 17.9. The first-order valence-corrected chi connectivity index (χ1v) is 8.87. The summed E-state index contributed by atoms with van der Waals surface area (Å²) in [7, 11) is 2.93. The van der Waals surface area contributed by atoms with E-state index in [1.807, 2.05) is 6.92 Å². The SMILES string of the molecule is CCOCCN(C)C(=O)c1n[nH]c(C(C)C)c1S(=O)(=O)Cl. The molecule has 0 saturated carbocycles. The Morgan fingerprint density at radius 3 is 2.57 bits per heavy atom. The number of rotatable bonds is 7. The van der Waals surface area contributed by atoms with Crippen molar-refractivity contribution in [2.75, 3.05) is 26.8 Å². The third kappa shape index (κ3) is 4.42. The summed E-state index contributed by atoms with van der Waals surface area (Å²) in [5.41, 5.74) is 0.138. The molecular formula is C12H20ClN3O4S. The molecule has 0 saturated heterocycles. The van der Waals surface area contributed by atoms with E-state index >= 15 is 0 Å². The lowest BCUT2D eigenvalue weighted by atomic mass is 10.1. The van der Waals surface area contributed by atoms with E-state index < -0.39 is 15.0 Å². The number of ether oxygens (including phenoxy) is 1. The average molecular weight is 338 g/mol. The molecule has 0 aliphatic heterocycles. The summed E-state index contributed by atoms with van der Waals surface area (Å²) in [5, 5.41) is 6.42. The molecule has 1 heterocycles. The van der Waals surface area contributed by atoms with Gasteiger partial charge >= 0.3 is 0 Å². The normalized spacial score (nSPS) is 11.9. The zero-order chi connectivity index (χ0) is 16.2. The first-order valence-electron chi connectivity index (χ1n) is 6.56. The molecule has 0 bridgehead atoms. The summed E-state index contributed by atoms with van der Waals surface area (Å²) >= 11 is 0. The fourth-order valence-electron chi connectivity index (χ4n) is 1.76. The molecule has 0 spiro atoms. The predicted octanol–water partition coefficient (Wildman–Crippen LogP) is 1.57. The number of amides is 1. The van der Waals surface area contributed by atoms with Crippen LogP contribution < -0.4 is 0 Å².